The van der Waals surface area contributed by atoms with E-state index >= 15 is 0 Å². The molecule has 4 atom stereocenters. The predicted molar refractivity (Wildman–Crippen MR) is 120 cm³/mol. The van der Waals surface area contributed by atoms with Crippen LogP contribution in [0.25, 0.3) is 21.0 Å². The average Bonchev–Trinajstić information content (AvgIpc) is 3.38. The van der Waals surface area contributed by atoms with Crippen molar-refractivity contribution in [2.45, 2.75) is 44.0 Å². The van der Waals surface area contributed by atoms with Crippen molar-refractivity contribution in [1.29, 1.82) is 0 Å². The summed E-state index contributed by atoms with van der Waals surface area (Å²) in [7, 11) is 0. The van der Waals surface area contributed by atoms with Gasteiger partial charge in [-0.05, 0) is 52.2 Å². The molecule has 1 saturated heterocycles. The minimum absolute atomic E-state index is 0.158. The maximum absolute atomic E-state index is 10.3. The Labute approximate surface area is 183 Å². The van der Waals surface area contributed by atoms with E-state index in [0.29, 0.717) is 0 Å². The summed E-state index contributed by atoms with van der Waals surface area (Å²) in [4.78, 5) is 1.25. The number of hydrogen-bond donors (Lipinski definition) is 4. The van der Waals surface area contributed by atoms with E-state index in [4.69, 9.17) is 4.74 Å². The highest BCUT2D eigenvalue weighted by Gasteiger charge is 2.37. The number of thiophene rings is 1. The van der Waals surface area contributed by atoms with Crippen molar-refractivity contribution in [2.24, 2.45) is 0 Å². The Bertz CT molecular complexity index is 1180. The molecule has 2 aromatic carbocycles. The molecule has 0 spiro atoms. The normalized spacial score (nSPS) is 24.3. The Kier molecular flexibility index (Phi) is 5.56. The lowest BCUT2D eigenvalue weighted by Crippen LogP contribution is -2.47. The zero-order chi connectivity index (χ0) is 21.5. The summed E-state index contributed by atoms with van der Waals surface area (Å²) >= 11 is 1.77. The zero-order valence-electron chi connectivity index (χ0n) is 16.9. The molecule has 4 aromatic rings. The molecule has 4 N–H and O–H groups in total. The van der Waals surface area contributed by atoms with Crippen LogP contribution in [0.1, 0.15) is 28.5 Å². The molecule has 0 radical (unpaired) electrons. The molecule has 2 aromatic heterocycles. The van der Waals surface area contributed by atoms with Crippen LogP contribution in [-0.2, 0) is 17.9 Å². The van der Waals surface area contributed by atoms with Crippen molar-refractivity contribution in [3.05, 3.63) is 70.7 Å². The first-order chi connectivity index (χ1) is 15.1. The van der Waals surface area contributed by atoms with Gasteiger partial charge in [-0.2, -0.15) is 0 Å². The molecule has 0 aliphatic carbocycles. The van der Waals surface area contributed by atoms with E-state index in [1.807, 2.05) is 36.5 Å². The summed E-state index contributed by atoms with van der Waals surface area (Å²) < 4.78 is 9.32. The van der Waals surface area contributed by atoms with E-state index in [0.717, 1.165) is 28.6 Å². The van der Waals surface area contributed by atoms with Crippen molar-refractivity contribution >= 4 is 32.3 Å². The standard InChI is InChI=1S/C24H25NO5S/c26-12-16-7-14-5-6-25(11-17-8-15-3-1-2-4-23(15)31-17)19(14)9-18(16)21-10-20(28)24(29)22(13-27)30-21/h1-9,20-22,24,26-29H,10-13H2/t20?,21?,22?,24-/m0/s1. The monoisotopic (exact) mass is 439 g/mol. The van der Waals surface area contributed by atoms with E-state index < -0.39 is 24.4 Å². The van der Waals surface area contributed by atoms with Gasteiger partial charge in [-0.1, -0.05) is 18.2 Å². The molecule has 31 heavy (non-hydrogen) atoms. The summed E-state index contributed by atoms with van der Waals surface area (Å²) in [5.41, 5.74) is 2.50. The van der Waals surface area contributed by atoms with Crippen LogP contribution in [-0.4, -0.2) is 49.9 Å². The second-order valence-electron chi connectivity index (χ2n) is 8.10. The fourth-order valence-corrected chi connectivity index (χ4v) is 5.53. The molecule has 1 aliphatic heterocycles. The van der Waals surface area contributed by atoms with Crippen molar-refractivity contribution in [3.63, 3.8) is 0 Å². The van der Waals surface area contributed by atoms with Crippen LogP contribution in [0.5, 0.6) is 0 Å². The van der Waals surface area contributed by atoms with E-state index in [2.05, 4.69) is 22.8 Å². The number of aliphatic hydroxyl groups excluding tert-OH is 4. The number of aromatic nitrogens is 1. The van der Waals surface area contributed by atoms with Crippen LogP contribution in [0.15, 0.2) is 54.7 Å². The van der Waals surface area contributed by atoms with Gasteiger partial charge in [0, 0.05) is 27.7 Å². The Morgan fingerprint density at radius 1 is 1.03 bits per heavy atom. The van der Waals surface area contributed by atoms with Crippen LogP contribution in [0.2, 0.25) is 0 Å². The smallest absolute Gasteiger partial charge is 0.110 e. The number of ether oxygens (including phenoxy) is 1. The minimum Gasteiger partial charge on any atom is -0.394 e. The first-order valence-corrected chi connectivity index (χ1v) is 11.2. The quantitative estimate of drug-likeness (QED) is 0.384. The second kappa shape index (κ2) is 8.35. The maximum atomic E-state index is 10.3. The van der Waals surface area contributed by atoms with Gasteiger partial charge in [0.05, 0.1) is 32.0 Å². The topological polar surface area (TPSA) is 95.1 Å². The molecule has 3 heterocycles. The summed E-state index contributed by atoms with van der Waals surface area (Å²) in [5.74, 6) is 0. The van der Waals surface area contributed by atoms with Gasteiger partial charge < -0.3 is 29.7 Å². The average molecular weight is 440 g/mol. The van der Waals surface area contributed by atoms with Crippen molar-refractivity contribution < 1.29 is 25.2 Å². The van der Waals surface area contributed by atoms with Crippen molar-refractivity contribution in [2.75, 3.05) is 6.61 Å². The van der Waals surface area contributed by atoms with Gasteiger partial charge in [-0.25, -0.2) is 0 Å². The summed E-state index contributed by atoms with van der Waals surface area (Å²) in [6, 6.07) is 16.5. The molecule has 1 fully saturated rings. The number of rotatable bonds is 5. The Hall–Kier alpha value is -2.26. The van der Waals surface area contributed by atoms with Crippen LogP contribution >= 0.6 is 11.3 Å². The van der Waals surface area contributed by atoms with E-state index in [9.17, 15) is 20.4 Å². The zero-order valence-corrected chi connectivity index (χ0v) is 17.7. The highest BCUT2D eigenvalue weighted by Crippen LogP contribution is 2.36. The predicted octanol–water partition coefficient (Wildman–Crippen LogP) is 2.94. The Morgan fingerprint density at radius 2 is 1.87 bits per heavy atom. The third kappa shape index (κ3) is 3.78. The summed E-state index contributed by atoms with van der Waals surface area (Å²) in [6.45, 7) is 0.190. The van der Waals surface area contributed by atoms with Gasteiger partial charge >= 0.3 is 0 Å². The lowest BCUT2D eigenvalue weighted by Gasteiger charge is -2.37. The van der Waals surface area contributed by atoms with Gasteiger partial charge in [0.2, 0.25) is 0 Å². The Morgan fingerprint density at radius 3 is 2.65 bits per heavy atom. The first kappa shape index (κ1) is 20.6. The minimum atomic E-state index is -1.13. The van der Waals surface area contributed by atoms with Crippen molar-refractivity contribution in [3.8, 4) is 0 Å². The summed E-state index contributed by atoms with van der Waals surface area (Å²) in [5, 5.41) is 42.0. The number of nitrogens with zero attached hydrogens (tertiary/aromatic N) is 1. The highest BCUT2D eigenvalue weighted by atomic mass is 32.1. The maximum Gasteiger partial charge on any atom is 0.110 e. The third-order valence-electron chi connectivity index (χ3n) is 6.10. The molecule has 7 heteroatoms. The molecule has 1 aliphatic rings. The Balaban J connectivity index is 1.52. The molecule has 5 rings (SSSR count). The highest BCUT2D eigenvalue weighted by molar-refractivity contribution is 7.19. The van der Waals surface area contributed by atoms with Crippen LogP contribution in [0, 0.1) is 0 Å². The molecule has 0 saturated carbocycles. The van der Waals surface area contributed by atoms with Crippen LogP contribution in [0.4, 0.5) is 0 Å². The molecule has 162 valence electrons. The van der Waals surface area contributed by atoms with Gasteiger partial charge in [0.25, 0.3) is 0 Å². The third-order valence-corrected chi connectivity index (χ3v) is 7.20. The van der Waals surface area contributed by atoms with E-state index in [1.54, 1.807) is 11.3 Å². The van der Waals surface area contributed by atoms with Crippen molar-refractivity contribution in [1.82, 2.24) is 4.57 Å². The van der Waals surface area contributed by atoms with E-state index in [-0.39, 0.29) is 19.6 Å². The van der Waals surface area contributed by atoms with Gasteiger partial charge in [-0.3, -0.25) is 0 Å². The molecular formula is C24H25NO5S. The molecular weight excluding hydrogens is 414 g/mol. The van der Waals surface area contributed by atoms with Gasteiger partial charge in [0.1, 0.15) is 12.2 Å². The lowest BCUT2D eigenvalue weighted by atomic mass is 9.91. The largest absolute Gasteiger partial charge is 0.394 e. The molecule has 0 amide bonds. The second-order valence-corrected chi connectivity index (χ2v) is 9.27. The molecule has 6 nitrogen and oxygen atoms in total. The fourth-order valence-electron chi connectivity index (χ4n) is 4.46. The number of fused-ring (bicyclic) bond motifs is 2. The van der Waals surface area contributed by atoms with Gasteiger partial charge in [-0.15, -0.1) is 11.3 Å². The number of benzene rings is 2. The molecule has 3 unspecified atom stereocenters. The fraction of sp³-hybridized carbons (Fsp3) is 0.333. The lowest BCUT2D eigenvalue weighted by molar-refractivity contribution is -0.181. The molecule has 0 bridgehead atoms. The van der Waals surface area contributed by atoms with Crippen LogP contribution < -0.4 is 0 Å². The number of hydrogen-bond acceptors (Lipinski definition) is 6. The summed E-state index contributed by atoms with van der Waals surface area (Å²) in [6.07, 6.45) is -1.26. The SMILES string of the molecule is OCc1cc2ccn(Cc3cc4ccccc4s3)c2cc1C1CC(O)[C@H](O)C(CO)O1. The van der Waals surface area contributed by atoms with E-state index in [1.165, 1.54) is 15.0 Å². The van der Waals surface area contributed by atoms with Crippen LogP contribution in [0.3, 0.4) is 0 Å². The van der Waals surface area contributed by atoms with Gasteiger partial charge in [0.15, 0.2) is 0 Å². The first-order valence-electron chi connectivity index (χ1n) is 10.4. The number of aliphatic hydroxyl groups is 4.